The summed E-state index contributed by atoms with van der Waals surface area (Å²) < 4.78 is 19.2. The lowest BCUT2D eigenvalue weighted by molar-refractivity contribution is 0.255. The van der Waals surface area contributed by atoms with Crippen LogP contribution in [0.5, 0.6) is 5.75 Å². The van der Waals surface area contributed by atoms with Crippen LogP contribution in [0.25, 0.3) is 0 Å². The fourth-order valence-electron chi connectivity index (χ4n) is 1.39. The molecule has 1 unspecified atom stereocenters. The van der Waals surface area contributed by atoms with E-state index < -0.39 is 0 Å². The first-order valence-corrected chi connectivity index (χ1v) is 6.71. The summed E-state index contributed by atoms with van der Waals surface area (Å²) in [5, 5.41) is 3.33. The predicted octanol–water partition coefficient (Wildman–Crippen LogP) is 3.60. The van der Waals surface area contributed by atoms with Crippen LogP contribution in [0.15, 0.2) is 22.7 Å². The average Bonchev–Trinajstić information content (AvgIpc) is 2.31. The van der Waals surface area contributed by atoms with Gasteiger partial charge in [-0.2, -0.15) is 0 Å². The number of halogens is 2. The number of hydrogen-bond acceptors (Lipinski definition) is 2. The quantitative estimate of drug-likeness (QED) is 0.777. The van der Waals surface area contributed by atoms with Gasteiger partial charge in [0.05, 0.1) is 11.1 Å². The second-order valence-corrected chi connectivity index (χ2v) is 5.05. The topological polar surface area (TPSA) is 21.3 Å². The molecule has 0 radical (unpaired) electrons. The molecular weight excluding hydrogens is 285 g/mol. The summed E-state index contributed by atoms with van der Waals surface area (Å²) >= 11 is 3.11. The Morgan fingerprint density at radius 2 is 2.24 bits per heavy atom. The number of benzene rings is 1. The Labute approximate surface area is 111 Å². The molecule has 0 aliphatic carbocycles. The van der Waals surface area contributed by atoms with E-state index in [9.17, 15) is 4.39 Å². The van der Waals surface area contributed by atoms with Crippen molar-refractivity contribution in [2.24, 2.45) is 5.92 Å². The maximum absolute atomic E-state index is 13.2. The number of nitrogens with one attached hydrogen (secondary N) is 1. The number of ether oxygens (including phenoxy) is 1. The minimum Gasteiger partial charge on any atom is -0.493 e. The van der Waals surface area contributed by atoms with E-state index in [0.29, 0.717) is 22.7 Å². The molecule has 0 heterocycles. The summed E-state index contributed by atoms with van der Waals surface area (Å²) in [6.07, 6.45) is 1.13. The van der Waals surface area contributed by atoms with E-state index in [2.05, 4.69) is 35.1 Å². The molecule has 96 valence electrons. The Kier molecular flexibility index (Phi) is 6.52. The van der Waals surface area contributed by atoms with Gasteiger partial charge in [-0.1, -0.05) is 13.8 Å². The SMILES string of the molecule is CCCNCC(C)COc1ccc(Br)c(F)c1. The van der Waals surface area contributed by atoms with Crippen molar-refractivity contribution in [1.82, 2.24) is 5.32 Å². The van der Waals surface area contributed by atoms with Crippen molar-refractivity contribution in [2.75, 3.05) is 19.7 Å². The Hall–Kier alpha value is -0.610. The molecule has 1 N–H and O–H groups in total. The van der Waals surface area contributed by atoms with E-state index in [1.165, 1.54) is 6.07 Å². The van der Waals surface area contributed by atoms with Crippen LogP contribution in [0.4, 0.5) is 4.39 Å². The zero-order chi connectivity index (χ0) is 12.7. The molecule has 0 spiro atoms. The second-order valence-electron chi connectivity index (χ2n) is 4.20. The van der Waals surface area contributed by atoms with Crippen LogP contribution < -0.4 is 10.1 Å². The molecule has 0 bridgehead atoms. The lowest BCUT2D eigenvalue weighted by Gasteiger charge is -2.13. The third-order valence-corrected chi connectivity index (χ3v) is 2.99. The highest BCUT2D eigenvalue weighted by Crippen LogP contribution is 2.21. The third-order valence-electron chi connectivity index (χ3n) is 2.35. The molecule has 0 aliphatic rings. The van der Waals surface area contributed by atoms with Gasteiger partial charge in [0.2, 0.25) is 0 Å². The number of rotatable bonds is 7. The summed E-state index contributed by atoms with van der Waals surface area (Å²) in [7, 11) is 0. The van der Waals surface area contributed by atoms with Crippen molar-refractivity contribution in [1.29, 1.82) is 0 Å². The van der Waals surface area contributed by atoms with Gasteiger partial charge in [-0.25, -0.2) is 4.39 Å². The third kappa shape index (κ3) is 5.50. The van der Waals surface area contributed by atoms with Crippen LogP contribution >= 0.6 is 15.9 Å². The van der Waals surface area contributed by atoms with E-state index in [1.54, 1.807) is 12.1 Å². The molecule has 0 amide bonds. The van der Waals surface area contributed by atoms with Crippen LogP contribution in [0.1, 0.15) is 20.3 Å². The highest BCUT2D eigenvalue weighted by Gasteiger charge is 2.05. The van der Waals surface area contributed by atoms with E-state index >= 15 is 0 Å². The minimum absolute atomic E-state index is 0.292. The zero-order valence-electron chi connectivity index (χ0n) is 10.3. The van der Waals surface area contributed by atoms with Crippen molar-refractivity contribution in [3.63, 3.8) is 0 Å². The minimum atomic E-state index is -0.292. The predicted molar refractivity (Wildman–Crippen MR) is 71.9 cm³/mol. The largest absolute Gasteiger partial charge is 0.493 e. The normalized spacial score (nSPS) is 12.5. The van der Waals surface area contributed by atoms with Gasteiger partial charge in [0.15, 0.2) is 0 Å². The average molecular weight is 304 g/mol. The van der Waals surface area contributed by atoms with Gasteiger partial charge in [-0.05, 0) is 41.0 Å². The van der Waals surface area contributed by atoms with Gasteiger partial charge < -0.3 is 10.1 Å². The fourth-order valence-corrected chi connectivity index (χ4v) is 1.64. The second kappa shape index (κ2) is 7.67. The van der Waals surface area contributed by atoms with Crippen LogP contribution in [0.3, 0.4) is 0 Å². The first-order chi connectivity index (χ1) is 8.13. The molecule has 0 aliphatic heterocycles. The summed E-state index contributed by atoms with van der Waals surface area (Å²) in [6.45, 7) is 6.79. The molecule has 17 heavy (non-hydrogen) atoms. The molecule has 0 saturated carbocycles. The maximum atomic E-state index is 13.2. The fraction of sp³-hybridized carbons (Fsp3) is 0.538. The summed E-state index contributed by atoms with van der Waals surface area (Å²) in [5.74, 6) is 0.695. The van der Waals surface area contributed by atoms with Gasteiger partial charge >= 0.3 is 0 Å². The van der Waals surface area contributed by atoms with E-state index in [0.717, 1.165) is 19.5 Å². The van der Waals surface area contributed by atoms with Crippen molar-refractivity contribution >= 4 is 15.9 Å². The van der Waals surface area contributed by atoms with Gasteiger partial charge in [-0.15, -0.1) is 0 Å². The molecular formula is C13H19BrFNO. The van der Waals surface area contributed by atoms with Crippen molar-refractivity contribution in [2.45, 2.75) is 20.3 Å². The van der Waals surface area contributed by atoms with Gasteiger partial charge in [0, 0.05) is 18.5 Å². The Balaban J connectivity index is 2.31. The van der Waals surface area contributed by atoms with Crippen LogP contribution in [0.2, 0.25) is 0 Å². The molecule has 4 heteroatoms. The molecule has 1 aromatic carbocycles. The molecule has 1 atom stereocenters. The molecule has 1 aromatic rings. The maximum Gasteiger partial charge on any atom is 0.141 e. The first-order valence-electron chi connectivity index (χ1n) is 5.92. The monoisotopic (exact) mass is 303 g/mol. The summed E-state index contributed by atoms with van der Waals surface area (Å²) in [5.41, 5.74) is 0. The number of hydrogen-bond donors (Lipinski definition) is 1. The van der Waals surface area contributed by atoms with Crippen LogP contribution in [0, 0.1) is 11.7 Å². The van der Waals surface area contributed by atoms with Crippen molar-refractivity contribution in [3.05, 3.63) is 28.5 Å². The lowest BCUT2D eigenvalue weighted by Crippen LogP contribution is -2.25. The van der Waals surface area contributed by atoms with Crippen LogP contribution in [-0.2, 0) is 0 Å². The first kappa shape index (κ1) is 14.5. The van der Waals surface area contributed by atoms with Crippen LogP contribution in [-0.4, -0.2) is 19.7 Å². The molecule has 1 rings (SSSR count). The molecule has 0 aromatic heterocycles. The Bertz CT molecular complexity index is 346. The van der Waals surface area contributed by atoms with E-state index in [1.807, 2.05) is 0 Å². The van der Waals surface area contributed by atoms with Gasteiger partial charge in [-0.3, -0.25) is 0 Å². The van der Waals surface area contributed by atoms with E-state index in [4.69, 9.17) is 4.74 Å². The molecule has 2 nitrogen and oxygen atoms in total. The Morgan fingerprint density at radius 1 is 1.47 bits per heavy atom. The molecule has 0 fully saturated rings. The smallest absolute Gasteiger partial charge is 0.141 e. The highest BCUT2D eigenvalue weighted by atomic mass is 79.9. The summed E-state index contributed by atoms with van der Waals surface area (Å²) in [4.78, 5) is 0. The van der Waals surface area contributed by atoms with Gasteiger partial charge in [0.1, 0.15) is 11.6 Å². The Morgan fingerprint density at radius 3 is 2.88 bits per heavy atom. The van der Waals surface area contributed by atoms with Gasteiger partial charge in [0.25, 0.3) is 0 Å². The highest BCUT2D eigenvalue weighted by molar-refractivity contribution is 9.10. The molecule has 0 saturated heterocycles. The summed E-state index contributed by atoms with van der Waals surface area (Å²) in [6, 6.07) is 4.82. The zero-order valence-corrected chi connectivity index (χ0v) is 11.9. The van der Waals surface area contributed by atoms with Crippen molar-refractivity contribution in [3.8, 4) is 5.75 Å². The standard InChI is InChI=1S/C13H19BrFNO/c1-3-6-16-8-10(2)9-17-11-4-5-12(14)13(15)7-11/h4-5,7,10,16H,3,6,8-9H2,1-2H3. The van der Waals surface area contributed by atoms with E-state index in [-0.39, 0.29) is 5.82 Å². The lowest BCUT2D eigenvalue weighted by atomic mass is 10.2. The van der Waals surface area contributed by atoms with Crippen molar-refractivity contribution < 1.29 is 9.13 Å².